The van der Waals surface area contributed by atoms with Crippen molar-refractivity contribution in [1.29, 1.82) is 0 Å². The van der Waals surface area contributed by atoms with Gasteiger partial charge in [0.25, 0.3) is 0 Å². The van der Waals surface area contributed by atoms with E-state index in [0.29, 0.717) is 13.0 Å². The third kappa shape index (κ3) is 2.89. The molecule has 0 aliphatic carbocycles. The molecule has 2 N–H and O–H groups in total. The van der Waals surface area contributed by atoms with Gasteiger partial charge in [-0.25, -0.2) is 9.59 Å². The summed E-state index contributed by atoms with van der Waals surface area (Å²) in [5.41, 5.74) is 0.750. The Balaban J connectivity index is 2.03. The van der Waals surface area contributed by atoms with Crippen molar-refractivity contribution in [3.8, 4) is 0 Å². The van der Waals surface area contributed by atoms with E-state index in [-0.39, 0.29) is 18.0 Å². The number of likely N-dealkylation sites (tertiary alicyclic amines) is 1. The molecule has 2 rings (SSSR count). The highest BCUT2D eigenvalue weighted by atomic mass is 16.4. The summed E-state index contributed by atoms with van der Waals surface area (Å²) >= 11 is 0. The van der Waals surface area contributed by atoms with Gasteiger partial charge in [0.15, 0.2) is 0 Å². The molecule has 2 amide bonds. The second kappa shape index (κ2) is 5.90. The molecule has 6 heteroatoms. The summed E-state index contributed by atoms with van der Waals surface area (Å²) in [5, 5.41) is 12.0. The predicted octanol–water partition coefficient (Wildman–Crippen LogP) is 1.65. The van der Waals surface area contributed by atoms with Crippen LogP contribution in [0.3, 0.4) is 0 Å². The fraction of sp³-hybridized carbons (Fsp3) is 0.500. The maximum absolute atomic E-state index is 12.2. The molecule has 1 aliphatic rings. The van der Waals surface area contributed by atoms with Gasteiger partial charge in [-0.3, -0.25) is 4.98 Å². The summed E-state index contributed by atoms with van der Waals surface area (Å²) in [7, 11) is 0. The van der Waals surface area contributed by atoms with E-state index in [1.165, 1.54) is 4.90 Å². The van der Waals surface area contributed by atoms with E-state index in [0.717, 1.165) is 5.69 Å². The van der Waals surface area contributed by atoms with Crippen molar-refractivity contribution < 1.29 is 14.7 Å². The Labute approximate surface area is 117 Å². The highest BCUT2D eigenvalue weighted by molar-refractivity contribution is 5.83. The average Bonchev–Trinajstić information content (AvgIpc) is 2.81. The number of urea groups is 1. The van der Waals surface area contributed by atoms with Crippen molar-refractivity contribution in [1.82, 2.24) is 15.2 Å². The molecular formula is C14H19N3O3. The number of carboxylic acids is 1. The SMILES string of the molecule is CC(NC(=O)N1CCC(C)C1C(=O)O)c1ccccn1. The maximum atomic E-state index is 12.2. The Morgan fingerprint density at radius 3 is 2.85 bits per heavy atom. The molecule has 1 aromatic rings. The van der Waals surface area contributed by atoms with Crippen molar-refractivity contribution in [3.63, 3.8) is 0 Å². The van der Waals surface area contributed by atoms with E-state index in [9.17, 15) is 14.7 Å². The maximum Gasteiger partial charge on any atom is 0.326 e. The second-order valence-corrected chi connectivity index (χ2v) is 5.17. The zero-order chi connectivity index (χ0) is 14.7. The Morgan fingerprint density at radius 1 is 1.50 bits per heavy atom. The molecule has 108 valence electrons. The summed E-state index contributed by atoms with van der Waals surface area (Å²) in [4.78, 5) is 29.0. The first-order valence-corrected chi connectivity index (χ1v) is 6.71. The largest absolute Gasteiger partial charge is 0.480 e. The second-order valence-electron chi connectivity index (χ2n) is 5.17. The van der Waals surface area contributed by atoms with Gasteiger partial charge in [0.2, 0.25) is 0 Å². The third-order valence-corrected chi connectivity index (χ3v) is 3.69. The van der Waals surface area contributed by atoms with Crippen molar-refractivity contribution in [3.05, 3.63) is 30.1 Å². The fourth-order valence-corrected chi connectivity index (χ4v) is 2.53. The standard InChI is InChI=1S/C14H19N3O3/c1-9-6-8-17(12(9)13(18)19)14(20)16-10(2)11-5-3-4-7-15-11/h3-5,7,9-10,12H,6,8H2,1-2H3,(H,16,20)(H,18,19). The van der Waals surface area contributed by atoms with Gasteiger partial charge in [0.1, 0.15) is 6.04 Å². The minimum Gasteiger partial charge on any atom is -0.480 e. The summed E-state index contributed by atoms with van der Waals surface area (Å²) in [6.07, 6.45) is 2.37. The van der Waals surface area contributed by atoms with Crippen LogP contribution in [-0.2, 0) is 4.79 Å². The number of aromatic nitrogens is 1. The van der Waals surface area contributed by atoms with Gasteiger partial charge in [0.05, 0.1) is 11.7 Å². The Hall–Kier alpha value is -2.11. The number of hydrogen-bond donors (Lipinski definition) is 2. The van der Waals surface area contributed by atoms with Crippen LogP contribution in [0.4, 0.5) is 4.79 Å². The lowest BCUT2D eigenvalue weighted by Gasteiger charge is -2.25. The third-order valence-electron chi connectivity index (χ3n) is 3.69. The number of rotatable bonds is 3. The smallest absolute Gasteiger partial charge is 0.326 e. The van der Waals surface area contributed by atoms with E-state index in [2.05, 4.69) is 10.3 Å². The Bertz CT molecular complexity index is 492. The van der Waals surface area contributed by atoms with Crippen LogP contribution in [0.15, 0.2) is 24.4 Å². The number of carbonyl (C=O) groups excluding carboxylic acids is 1. The number of nitrogens with zero attached hydrogens (tertiary/aromatic N) is 2. The average molecular weight is 277 g/mol. The Kier molecular flexibility index (Phi) is 4.22. The van der Waals surface area contributed by atoms with Gasteiger partial charge in [-0.05, 0) is 31.4 Å². The number of carbonyl (C=O) groups is 2. The number of pyridine rings is 1. The van der Waals surface area contributed by atoms with E-state index < -0.39 is 12.0 Å². The lowest BCUT2D eigenvalue weighted by Crippen LogP contribution is -2.48. The van der Waals surface area contributed by atoms with Crippen molar-refractivity contribution in [2.45, 2.75) is 32.4 Å². The monoisotopic (exact) mass is 277 g/mol. The molecular weight excluding hydrogens is 258 g/mol. The molecule has 1 saturated heterocycles. The van der Waals surface area contributed by atoms with Crippen LogP contribution < -0.4 is 5.32 Å². The lowest BCUT2D eigenvalue weighted by atomic mass is 10.0. The molecule has 1 aliphatic heterocycles. The van der Waals surface area contributed by atoms with Gasteiger partial charge in [-0.1, -0.05) is 13.0 Å². The first kappa shape index (κ1) is 14.3. The summed E-state index contributed by atoms with van der Waals surface area (Å²) < 4.78 is 0. The molecule has 1 aromatic heterocycles. The molecule has 0 radical (unpaired) electrons. The van der Waals surface area contributed by atoms with Crippen molar-refractivity contribution in [2.75, 3.05) is 6.54 Å². The molecule has 0 spiro atoms. The molecule has 20 heavy (non-hydrogen) atoms. The van der Waals surface area contributed by atoms with E-state index in [4.69, 9.17) is 0 Å². The molecule has 2 heterocycles. The Morgan fingerprint density at radius 2 is 2.25 bits per heavy atom. The molecule has 0 saturated carbocycles. The number of amides is 2. The first-order chi connectivity index (χ1) is 9.50. The van der Waals surface area contributed by atoms with Crippen LogP contribution in [0.25, 0.3) is 0 Å². The van der Waals surface area contributed by atoms with Gasteiger partial charge in [0, 0.05) is 12.7 Å². The van der Waals surface area contributed by atoms with Crippen LogP contribution in [0.5, 0.6) is 0 Å². The first-order valence-electron chi connectivity index (χ1n) is 6.71. The summed E-state index contributed by atoms with van der Waals surface area (Å²) in [6, 6.07) is 4.13. The highest BCUT2D eigenvalue weighted by Crippen LogP contribution is 2.24. The summed E-state index contributed by atoms with van der Waals surface area (Å²) in [5.74, 6) is -0.973. The van der Waals surface area contributed by atoms with E-state index in [1.807, 2.05) is 26.0 Å². The van der Waals surface area contributed by atoms with E-state index >= 15 is 0 Å². The van der Waals surface area contributed by atoms with Crippen LogP contribution in [0.1, 0.15) is 32.0 Å². The highest BCUT2D eigenvalue weighted by Gasteiger charge is 2.39. The number of hydrogen-bond acceptors (Lipinski definition) is 3. The number of carboxylic acid groups (broad SMARTS) is 1. The minimum atomic E-state index is -0.948. The zero-order valence-corrected chi connectivity index (χ0v) is 11.6. The molecule has 1 fully saturated rings. The predicted molar refractivity (Wildman–Crippen MR) is 73.1 cm³/mol. The molecule has 3 unspecified atom stereocenters. The molecule has 0 aromatic carbocycles. The van der Waals surface area contributed by atoms with Crippen molar-refractivity contribution in [2.24, 2.45) is 5.92 Å². The zero-order valence-electron chi connectivity index (χ0n) is 11.6. The van der Waals surface area contributed by atoms with Crippen LogP contribution >= 0.6 is 0 Å². The molecule has 3 atom stereocenters. The quantitative estimate of drug-likeness (QED) is 0.880. The molecule has 6 nitrogen and oxygen atoms in total. The normalized spacial score (nSPS) is 23.4. The minimum absolute atomic E-state index is 0.0246. The molecule has 0 bridgehead atoms. The summed E-state index contributed by atoms with van der Waals surface area (Å²) in [6.45, 7) is 4.16. The fourth-order valence-electron chi connectivity index (χ4n) is 2.53. The van der Waals surface area contributed by atoms with Gasteiger partial charge < -0.3 is 15.3 Å². The number of aliphatic carboxylic acids is 1. The van der Waals surface area contributed by atoms with Gasteiger partial charge in [-0.15, -0.1) is 0 Å². The topological polar surface area (TPSA) is 82.5 Å². The van der Waals surface area contributed by atoms with Crippen LogP contribution in [0, 0.1) is 5.92 Å². The number of nitrogens with one attached hydrogen (secondary N) is 1. The van der Waals surface area contributed by atoms with Crippen LogP contribution in [0.2, 0.25) is 0 Å². The van der Waals surface area contributed by atoms with Crippen molar-refractivity contribution >= 4 is 12.0 Å². The van der Waals surface area contributed by atoms with E-state index in [1.54, 1.807) is 12.3 Å². The van der Waals surface area contributed by atoms with Gasteiger partial charge in [-0.2, -0.15) is 0 Å². The lowest BCUT2D eigenvalue weighted by molar-refractivity contribution is -0.142. The van der Waals surface area contributed by atoms with Gasteiger partial charge >= 0.3 is 12.0 Å². The van der Waals surface area contributed by atoms with Crippen LogP contribution in [-0.4, -0.2) is 39.6 Å².